The normalized spacial score (nSPS) is 10.7. The summed E-state index contributed by atoms with van der Waals surface area (Å²) in [5.74, 6) is -0.395. The van der Waals surface area contributed by atoms with Crippen LogP contribution < -0.4 is 4.90 Å². The molecule has 0 unspecified atom stereocenters. The van der Waals surface area contributed by atoms with Gasteiger partial charge in [0.1, 0.15) is 0 Å². The molecule has 0 aliphatic heterocycles. The lowest BCUT2D eigenvalue weighted by Gasteiger charge is -2.28. The molecule has 5 nitrogen and oxygen atoms in total. The molecule has 5 heteroatoms. The molecule has 0 N–H and O–H groups in total. The van der Waals surface area contributed by atoms with Gasteiger partial charge in [-0.3, -0.25) is 14.5 Å². The zero-order chi connectivity index (χ0) is 15.1. The van der Waals surface area contributed by atoms with Gasteiger partial charge in [-0.15, -0.1) is 0 Å². The van der Waals surface area contributed by atoms with Crippen LogP contribution in [0.2, 0.25) is 0 Å². The van der Waals surface area contributed by atoms with E-state index >= 15 is 0 Å². The number of carbonyl (C=O) groups excluding carboxylic acids is 2. The Bertz CT molecular complexity index is 446. The number of hydrogen-bond donors (Lipinski definition) is 0. The number of methoxy groups -OCH3 is 1. The smallest absolute Gasteiger partial charge is 0.319 e. The summed E-state index contributed by atoms with van der Waals surface area (Å²) in [6.45, 7) is 4.20. The van der Waals surface area contributed by atoms with Crippen LogP contribution in [0.25, 0.3) is 0 Å². The van der Waals surface area contributed by atoms with E-state index in [0.717, 1.165) is 5.69 Å². The number of ether oxygens (including phenoxy) is 1. The van der Waals surface area contributed by atoms with Crippen LogP contribution in [0, 0.1) is 0 Å². The number of rotatable bonds is 6. The SMILES string of the molecule is COC(=O)CN(C)CC(=O)N(c1ccccc1)C(C)C. The van der Waals surface area contributed by atoms with Gasteiger partial charge in [-0.1, -0.05) is 18.2 Å². The molecule has 0 atom stereocenters. The summed E-state index contributed by atoms with van der Waals surface area (Å²) in [7, 11) is 3.06. The van der Waals surface area contributed by atoms with Gasteiger partial charge in [-0.25, -0.2) is 0 Å². The standard InChI is InChI=1S/C15H22N2O3/c1-12(2)17(13-8-6-5-7-9-13)14(18)10-16(3)11-15(19)20-4/h5-9,12H,10-11H2,1-4H3. The number of nitrogens with zero attached hydrogens (tertiary/aromatic N) is 2. The Morgan fingerprint density at radius 1 is 1.15 bits per heavy atom. The Balaban J connectivity index is 2.73. The molecule has 0 heterocycles. The molecule has 0 saturated heterocycles. The quantitative estimate of drug-likeness (QED) is 0.741. The molecule has 1 aromatic carbocycles. The van der Waals surface area contributed by atoms with Gasteiger partial charge in [-0.2, -0.15) is 0 Å². The number of para-hydroxylation sites is 1. The Kier molecular flexibility index (Phi) is 6.18. The van der Waals surface area contributed by atoms with Crippen molar-refractivity contribution in [1.82, 2.24) is 4.90 Å². The number of benzene rings is 1. The molecule has 1 aromatic rings. The molecule has 0 aliphatic carbocycles. The molecule has 0 aliphatic rings. The minimum atomic E-state index is -0.351. The predicted octanol–water partition coefficient (Wildman–Crippen LogP) is 1.53. The number of hydrogen-bond acceptors (Lipinski definition) is 4. The van der Waals surface area contributed by atoms with Crippen molar-refractivity contribution in [3.8, 4) is 0 Å². The summed E-state index contributed by atoms with van der Waals surface area (Å²) < 4.78 is 4.59. The van der Waals surface area contributed by atoms with Gasteiger partial charge < -0.3 is 9.64 Å². The van der Waals surface area contributed by atoms with E-state index in [1.54, 1.807) is 16.8 Å². The maximum atomic E-state index is 12.4. The lowest BCUT2D eigenvalue weighted by molar-refractivity contribution is -0.141. The van der Waals surface area contributed by atoms with E-state index in [4.69, 9.17) is 0 Å². The van der Waals surface area contributed by atoms with Crippen LogP contribution in [0.1, 0.15) is 13.8 Å². The molecule has 0 bridgehead atoms. The minimum Gasteiger partial charge on any atom is -0.468 e. The second-order valence-corrected chi connectivity index (χ2v) is 4.94. The van der Waals surface area contributed by atoms with E-state index in [9.17, 15) is 9.59 Å². The van der Waals surface area contributed by atoms with Crippen molar-refractivity contribution in [3.05, 3.63) is 30.3 Å². The van der Waals surface area contributed by atoms with Gasteiger partial charge in [0.15, 0.2) is 0 Å². The fourth-order valence-corrected chi connectivity index (χ4v) is 1.97. The van der Waals surface area contributed by atoms with Gasteiger partial charge in [0.2, 0.25) is 5.91 Å². The van der Waals surface area contributed by atoms with Crippen LogP contribution in [0.4, 0.5) is 5.69 Å². The third kappa shape index (κ3) is 4.66. The average molecular weight is 278 g/mol. The maximum Gasteiger partial charge on any atom is 0.319 e. The summed E-state index contributed by atoms with van der Waals surface area (Å²) in [6.07, 6.45) is 0. The van der Waals surface area contributed by atoms with E-state index in [2.05, 4.69) is 4.74 Å². The third-order valence-corrected chi connectivity index (χ3v) is 2.85. The highest BCUT2D eigenvalue weighted by Crippen LogP contribution is 2.16. The molecule has 110 valence electrons. The van der Waals surface area contributed by atoms with E-state index < -0.39 is 0 Å². The number of carbonyl (C=O) groups is 2. The highest BCUT2D eigenvalue weighted by atomic mass is 16.5. The number of anilines is 1. The molecule has 0 radical (unpaired) electrons. The van der Waals surface area contributed by atoms with Crippen LogP contribution >= 0.6 is 0 Å². The molecular formula is C15H22N2O3. The van der Waals surface area contributed by atoms with E-state index in [-0.39, 0.29) is 31.0 Å². The van der Waals surface area contributed by atoms with Gasteiger partial charge >= 0.3 is 5.97 Å². The highest BCUT2D eigenvalue weighted by Gasteiger charge is 2.20. The predicted molar refractivity (Wildman–Crippen MR) is 78.6 cm³/mol. The summed E-state index contributed by atoms with van der Waals surface area (Å²) in [5.41, 5.74) is 0.860. The molecular weight excluding hydrogens is 256 g/mol. The molecule has 1 rings (SSSR count). The molecule has 1 amide bonds. The first-order valence-corrected chi connectivity index (χ1v) is 6.58. The molecule has 0 fully saturated rings. The van der Waals surface area contributed by atoms with Crippen molar-refractivity contribution < 1.29 is 14.3 Å². The Hall–Kier alpha value is -1.88. The van der Waals surface area contributed by atoms with E-state index in [0.29, 0.717) is 0 Å². The minimum absolute atomic E-state index is 0.0439. The van der Waals surface area contributed by atoms with Crippen LogP contribution in [-0.4, -0.2) is 50.1 Å². The first-order chi connectivity index (χ1) is 9.45. The largest absolute Gasteiger partial charge is 0.468 e. The molecule has 0 aromatic heterocycles. The lowest BCUT2D eigenvalue weighted by atomic mass is 10.2. The van der Waals surface area contributed by atoms with Gasteiger partial charge in [0.25, 0.3) is 0 Å². The van der Waals surface area contributed by atoms with Gasteiger partial charge in [0.05, 0.1) is 20.2 Å². The third-order valence-electron chi connectivity index (χ3n) is 2.85. The highest BCUT2D eigenvalue weighted by molar-refractivity contribution is 5.95. The van der Waals surface area contributed by atoms with E-state index in [1.807, 2.05) is 44.2 Å². The van der Waals surface area contributed by atoms with Gasteiger partial charge in [0, 0.05) is 11.7 Å². The second-order valence-electron chi connectivity index (χ2n) is 4.94. The monoisotopic (exact) mass is 278 g/mol. The van der Waals surface area contributed by atoms with Crippen LogP contribution in [0.5, 0.6) is 0 Å². The average Bonchev–Trinajstić information content (AvgIpc) is 2.39. The first-order valence-electron chi connectivity index (χ1n) is 6.58. The Morgan fingerprint density at radius 3 is 2.25 bits per heavy atom. The van der Waals surface area contributed by atoms with Crippen molar-refractivity contribution in [2.75, 3.05) is 32.1 Å². The summed E-state index contributed by atoms with van der Waals surface area (Å²) in [6, 6.07) is 9.56. The first kappa shape index (κ1) is 16.2. The number of likely N-dealkylation sites (N-methyl/N-ethyl adjacent to an activating group) is 1. The van der Waals surface area contributed by atoms with Crippen LogP contribution in [0.3, 0.4) is 0 Å². The fraction of sp³-hybridized carbons (Fsp3) is 0.467. The zero-order valence-corrected chi connectivity index (χ0v) is 12.5. The van der Waals surface area contributed by atoms with Crippen molar-refractivity contribution in [2.24, 2.45) is 0 Å². The van der Waals surface area contributed by atoms with Crippen LogP contribution in [-0.2, 0) is 14.3 Å². The van der Waals surface area contributed by atoms with Crippen molar-refractivity contribution >= 4 is 17.6 Å². The molecule has 20 heavy (non-hydrogen) atoms. The maximum absolute atomic E-state index is 12.4. The second kappa shape index (κ2) is 7.65. The van der Waals surface area contributed by atoms with Crippen molar-refractivity contribution in [2.45, 2.75) is 19.9 Å². The molecule has 0 spiro atoms. The van der Waals surface area contributed by atoms with Gasteiger partial charge in [-0.05, 0) is 33.0 Å². The Labute approximate surface area is 120 Å². The number of amides is 1. The Morgan fingerprint density at radius 2 is 1.75 bits per heavy atom. The summed E-state index contributed by atoms with van der Waals surface area (Å²) in [4.78, 5) is 27.0. The lowest BCUT2D eigenvalue weighted by Crippen LogP contribution is -2.44. The number of esters is 1. The summed E-state index contributed by atoms with van der Waals surface area (Å²) in [5, 5.41) is 0. The summed E-state index contributed by atoms with van der Waals surface area (Å²) >= 11 is 0. The van der Waals surface area contributed by atoms with Crippen LogP contribution in [0.15, 0.2) is 30.3 Å². The molecule has 0 saturated carbocycles. The van der Waals surface area contributed by atoms with Crippen molar-refractivity contribution in [3.63, 3.8) is 0 Å². The zero-order valence-electron chi connectivity index (χ0n) is 12.5. The topological polar surface area (TPSA) is 49.9 Å². The fourth-order valence-electron chi connectivity index (χ4n) is 1.97. The van der Waals surface area contributed by atoms with Crippen molar-refractivity contribution in [1.29, 1.82) is 0 Å². The van der Waals surface area contributed by atoms with E-state index in [1.165, 1.54) is 7.11 Å².